The molecule has 0 aliphatic heterocycles. The Hall–Kier alpha value is -0.820. The second-order valence-electron chi connectivity index (χ2n) is 3.97. The fraction of sp³-hybridized carbons (Fsp3) is 0.0769. The summed E-state index contributed by atoms with van der Waals surface area (Å²) in [6.07, 6.45) is 0. The summed E-state index contributed by atoms with van der Waals surface area (Å²) in [5, 5.41) is 0. The van der Waals surface area contributed by atoms with Crippen molar-refractivity contribution in [1.82, 2.24) is 5.43 Å². The normalized spacial score (nSPS) is 12.5. The molecule has 100 valence electrons. The molecule has 6 heteroatoms. The maximum absolute atomic E-state index is 13.9. The van der Waals surface area contributed by atoms with E-state index in [1.54, 1.807) is 18.2 Å². The molecule has 0 amide bonds. The molecule has 0 saturated heterocycles. The van der Waals surface area contributed by atoms with Crippen LogP contribution in [0, 0.1) is 11.6 Å². The van der Waals surface area contributed by atoms with E-state index in [0.717, 1.165) is 4.47 Å². The Balaban J connectivity index is 2.52. The van der Waals surface area contributed by atoms with Gasteiger partial charge in [0.15, 0.2) is 0 Å². The third-order valence-electron chi connectivity index (χ3n) is 2.65. The van der Waals surface area contributed by atoms with Crippen LogP contribution < -0.4 is 11.3 Å². The van der Waals surface area contributed by atoms with E-state index in [1.165, 1.54) is 18.2 Å². The first kappa shape index (κ1) is 14.6. The fourth-order valence-electron chi connectivity index (χ4n) is 1.84. The number of nitrogens with two attached hydrogens (primary N) is 1. The number of rotatable bonds is 3. The van der Waals surface area contributed by atoms with Gasteiger partial charge < -0.3 is 0 Å². The molecule has 2 aromatic carbocycles. The molecule has 2 nitrogen and oxygen atoms in total. The molecule has 0 radical (unpaired) electrons. The minimum Gasteiger partial charge on any atom is -0.271 e. The van der Waals surface area contributed by atoms with E-state index >= 15 is 0 Å². The van der Waals surface area contributed by atoms with Crippen molar-refractivity contribution in [3.8, 4) is 0 Å². The van der Waals surface area contributed by atoms with Crippen molar-refractivity contribution in [2.24, 2.45) is 5.84 Å². The van der Waals surface area contributed by atoms with Crippen molar-refractivity contribution >= 4 is 31.9 Å². The van der Waals surface area contributed by atoms with E-state index in [9.17, 15) is 8.78 Å². The minimum atomic E-state index is -0.635. The predicted molar refractivity (Wildman–Crippen MR) is 77.4 cm³/mol. The van der Waals surface area contributed by atoms with Gasteiger partial charge in [-0.3, -0.25) is 5.84 Å². The van der Waals surface area contributed by atoms with Gasteiger partial charge in [-0.2, -0.15) is 0 Å². The molecule has 2 aromatic rings. The van der Waals surface area contributed by atoms with Crippen LogP contribution in [0.15, 0.2) is 45.3 Å². The minimum absolute atomic E-state index is 0.342. The van der Waals surface area contributed by atoms with Crippen LogP contribution in [-0.2, 0) is 0 Å². The van der Waals surface area contributed by atoms with Gasteiger partial charge in [0.1, 0.15) is 11.6 Å². The summed E-state index contributed by atoms with van der Waals surface area (Å²) in [6.45, 7) is 0. The highest BCUT2D eigenvalue weighted by Gasteiger charge is 2.18. The van der Waals surface area contributed by atoms with Crippen LogP contribution in [0.2, 0.25) is 0 Å². The summed E-state index contributed by atoms with van der Waals surface area (Å²) in [5.41, 5.74) is 3.38. The highest BCUT2D eigenvalue weighted by atomic mass is 79.9. The molecule has 0 heterocycles. The van der Waals surface area contributed by atoms with Crippen molar-refractivity contribution in [3.63, 3.8) is 0 Å². The summed E-state index contributed by atoms with van der Waals surface area (Å²) in [4.78, 5) is 0. The molecule has 3 N–H and O–H groups in total. The van der Waals surface area contributed by atoms with Crippen LogP contribution in [0.3, 0.4) is 0 Å². The SMILES string of the molecule is NNC(c1cc(F)cc(Br)c1)c1cc(Br)ccc1F. The lowest BCUT2D eigenvalue weighted by molar-refractivity contribution is 0.555. The fourth-order valence-corrected chi connectivity index (χ4v) is 2.71. The molecule has 0 saturated carbocycles. The smallest absolute Gasteiger partial charge is 0.128 e. The monoisotopic (exact) mass is 390 g/mol. The second-order valence-corrected chi connectivity index (χ2v) is 5.80. The molecule has 1 atom stereocenters. The summed E-state index contributed by atoms with van der Waals surface area (Å²) < 4.78 is 28.6. The molecule has 2 rings (SSSR count). The Labute approximate surface area is 126 Å². The first-order chi connectivity index (χ1) is 9.01. The molecular formula is C13H10Br2F2N2. The summed E-state index contributed by atoms with van der Waals surface area (Å²) in [5.74, 6) is 4.66. The zero-order valence-electron chi connectivity index (χ0n) is 9.63. The van der Waals surface area contributed by atoms with E-state index in [2.05, 4.69) is 37.3 Å². The van der Waals surface area contributed by atoms with E-state index in [-0.39, 0.29) is 0 Å². The van der Waals surface area contributed by atoms with Gasteiger partial charge in [-0.1, -0.05) is 31.9 Å². The Morgan fingerprint density at radius 1 is 1.00 bits per heavy atom. The third-order valence-corrected chi connectivity index (χ3v) is 3.61. The van der Waals surface area contributed by atoms with Crippen molar-refractivity contribution in [2.75, 3.05) is 0 Å². The molecule has 0 bridgehead atoms. The zero-order chi connectivity index (χ0) is 14.0. The molecule has 0 spiro atoms. The second kappa shape index (κ2) is 6.09. The zero-order valence-corrected chi connectivity index (χ0v) is 12.8. The van der Waals surface area contributed by atoms with Crippen molar-refractivity contribution < 1.29 is 8.78 Å². The summed E-state index contributed by atoms with van der Waals surface area (Å²) in [7, 11) is 0. The number of hydrazine groups is 1. The van der Waals surface area contributed by atoms with E-state index < -0.39 is 17.7 Å². The van der Waals surface area contributed by atoms with Gasteiger partial charge in [-0.15, -0.1) is 0 Å². The first-order valence-corrected chi connectivity index (χ1v) is 6.97. The highest BCUT2D eigenvalue weighted by Crippen LogP contribution is 2.28. The molecule has 19 heavy (non-hydrogen) atoms. The van der Waals surface area contributed by atoms with E-state index in [4.69, 9.17) is 5.84 Å². The van der Waals surface area contributed by atoms with E-state index in [0.29, 0.717) is 15.6 Å². The van der Waals surface area contributed by atoms with E-state index in [1.807, 2.05) is 0 Å². The largest absolute Gasteiger partial charge is 0.271 e. The quantitative estimate of drug-likeness (QED) is 0.612. The average Bonchev–Trinajstić information content (AvgIpc) is 2.33. The van der Waals surface area contributed by atoms with Gasteiger partial charge >= 0.3 is 0 Å². The molecule has 0 aliphatic rings. The van der Waals surface area contributed by atoms with Crippen LogP contribution in [0.4, 0.5) is 8.78 Å². The van der Waals surface area contributed by atoms with Crippen LogP contribution in [-0.4, -0.2) is 0 Å². The summed E-state index contributed by atoms with van der Waals surface area (Å²) >= 11 is 6.48. The molecule has 0 aliphatic carbocycles. The number of hydrogen-bond donors (Lipinski definition) is 2. The lowest BCUT2D eigenvalue weighted by Gasteiger charge is -2.18. The highest BCUT2D eigenvalue weighted by molar-refractivity contribution is 9.10. The summed E-state index contributed by atoms with van der Waals surface area (Å²) in [6, 6.07) is 8.23. The number of halogens is 4. The van der Waals surface area contributed by atoms with Crippen LogP contribution in [0.25, 0.3) is 0 Å². The maximum Gasteiger partial charge on any atom is 0.128 e. The number of nitrogens with one attached hydrogen (secondary N) is 1. The lowest BCUT2D eigenvalue weighted by Crippen LogP contribution is -2.29. The lowest BCUT2D eigenvalue weighted by atomic mass is 9.99. The Morgan fingerprint density at radius 3 is 2.37 bits per heavy atom. The molecule has 0 aromatic heterocycles. The standard InChI is InChI=1S/C13H10Br2F2N2/c14-8-1-2-12(17)11(6-8)13(19-18)7-3-9(15)5-10(16)4-7/h1-6,13,19H,18H2. The van der Waals surface area contributed by atoms with Gasteiger partial charge in [0.25, 0.3) is 0 Å². The Bertz CT molecular complexity index is 585. The van der Waals surface area contributed by atoms with Gasteiger partial charge in [0.05, 0.1) is 6.04 Å². The Kier molecular flexibility index (Phi) is 4.67. The van der Waals surface area contributed by atoms with Gasteiger partial charge in [0, 0.05) is 14.5 Å². The van der Waals surface area contributed by atoms with Crippen LogP contribution in [0.1, 0.15) is 17.2 Å². The van der Waals surface area contributed by atoms with Crippen LogP contribution >= 0.6 is 31.9 Å². The third kappa shape index (κ3) is 3.39. The predicted octanol–water partition coefficient (Wildman–Crippen LogP) is 4.04. The van der Waals surface area contributed by atoms with Gasteiger partial charge in [-0.25, -0.2) is 14.2 Å². The number of benzene rings is 2. The number of hydrogen-bond acceptors (Lipinski definition) is 2. The Morgan fingerprint density at radius 2 is 1.74 bits per heavy atom. The van der Waals surface area contributed by atoms with Gasteiger partial charge in [-0.05, 0) is 42.0 Å². The average molecular weight is 392 g/mol. The van der Waals surface area contributed by atoms with Crippen molar-refractivity contribution in [2.45, 2.75) is 6.04 Å². The maximum atomic E-state index is 13.9. The van der Waals surface area contributed by atoms with Crippen LogP contribution in [0.5, 0.6) is 0 Å². The molecular weight excluding hydrogens is 382 g/mol. The molecule has 1 unspecified atom stereocenters. The first-order valence-electron chi connectivity index (χ1n) is 5.38. The van der Waals surface area contributed by atoms with Crippen molar-refractivity contribution in [1.29, 1.82) is 0 Å². The topological polar surface area (TPSA) is 38.0 Å². The van der Waals surface area contributed by atoms with Crippen molar-refractivity contribution in [3.05, 3.63) is 68.1 Å². The van der Waals surface area contributed by atoms with Gasteiger partial charge in [0.2, 0.25) is 0 Å². The molecule has 0 fully saturated rings.